The van der Waals surface area contributed by atoms with Crippen molar-refractivity contribution in [3.05, 3.63) is 12.2 Å². The van der Waals surface area contributed by atoms with Gasteiger partial charge < -0.3 is 25.7 Å². The van der Waals surface area contributed by atoms with Gasteiger partial charge in [0.05, 0.1) is 18.8 Å². The molecule has 0 aliphatic heterocycles. The topological polar surface area (TPSA) is 110 Å². The van der Waals surface area contributed by atoms with Gasteiger partial charge in [0.1, 0.15) is 12.2 Å². The molecule has 0 heterocycles. The molecule has 0 aromatic carbocycles. The summed E-state index contributed by atoms with van der Waals surface area (Å²) in [6.07, 6.45) is 28.2. The summed E-state index contributed by atoms with van der Waals surface area (Å²) in [6.45, 7) is 3.97. The summed E-state index contributed by atoms with van der Waals surface area (Å²) in [7, 11) is 0. The van der Waals surface area contributed by atoms with Crippen molar-refractivity contribution in [1.82, 2.24) is 5.32 Å². The third-order valence-electron chi connectivity index (χ3n) is 7.98. The number of hydrogen-bond donors (Lipinski definition) is 5. The van der Waals surface area contributed by atoms with E-state index in [1.165, 1.54) is 103 Å². The Labute approximate surface area is 247 Å². The van der Waals surface area contributed by atoms with Gasteiger partial charge in [-0.2, -0.15) is 0 Å². The third kappa shape index (κ3) is 23.7. The van der Waals surface area contributed by atoms with Crippen LogP contribution in [0.15, 0.2) is 12.2 Å². The number of allylic oxidation sites excluding steroid dienone is 2. The number of carbonyl (C=O) groups excluding carboxylic acids is 1. The molecule has 0 aliphatic carbocycles. The largest absolute Gasteiger partial charge is 0.394 e. The Morgan fingerprint density at radius 3 is 1.50 bits per heavy atom. The summed E-state index contributed by atoms with van der Waals surface area (Å²) in [5.41, 5.74) is 0. The van der Waals surface area contributed by atoms with Crippen molar-refractivity contribution in [2.75, 3.05) is 6.61 Å². The predicted octanol–water partition coefficient (Wildman–Crippen LogP) is 7.50. The lowest BCUT2D eigenvalue weighted by atomic mass is 10.00. The lowest BCUT2D eigenvalue weighted by Crippen LogP contribution is -2.53. The molecule has 0 aromatic rings. The first-order valence-electron chi connectivity index (χ1n) is 17.1. The van der Waals surface area contributed by atoms with Gasteiger partial charge in [-0.25, -0.2) is 0 Å². The fraction of sp³-hybridized carbons (Fsp3) is 0.912. The van der Waals surface area contributed by atoms with E-state index in [2.05, 4.69) is 31.3 Å². The molecule has 238 valence electrons. The first-order chi connectivity index (χ1) is 19.5. The Kier molecular flexibility index (Phi) is 28.8. The fourth-order valence-corrected chi connectivity index (χ4v) is 5.17. The van der Waals surface area contributed by atoms with Gasteiger partial charge in [0.15, 0.2) is 0 Å². The summed E-state index contributed by atoms with van der Waals surface area (Å²) in [4.78, 5) is 12.3. The van der Waals surface area contributed by atoms with Crippen LogP contribution in [0.5, 0.6) is 0 Å². The Bertz CT molecular complexity index is 571. The molecule has 5 N–H and O–H groups in total. The SMILES string of the molecule is CCCCCCCCCCCCC/C=C/CCCC(O)C(O)C(CO)NC(=O)C(O)CCCCCCCCCC. The van der Waals surface area contributed by atoms with E-state index in [0.717, 1.165) is 38.5 Å². The van der Waals surface area contributed by atoms with E-state index in [0.29, 0.717) is 12.8 Å². The van der Waals surface area contributed by atoms with Gasteiger partial charge in [0.25, 0.3) is 0 Å². The average Bonchev–Trinajstić information content (AvgIpc) is 2.96. The quantitative estimate of drug-likeness (QED) is 0.0454. The maximum absolute atomic E-state index is 12.3. The summed E-state index contributed by atoms with van der Waals surface area (Å²) < 4.78 is 0. The minimum absolute atomic E-state index is 0.364. The monoisotopic (exact) mass is 570 g/mol. The highest BCUT2D eigenvalue weighted by Gasteiger charge is 2.28. The van der Waals surface area contributed by atoms with E-state index >= 15 is 0 Å². The second-order valence-electron chi connectivity index (χ2n) is 11.9. The zero-order chi connectivity index (χ0) is 29.7. The standard InChI is InChI=1S/C34H67NO5/c1-3-5-7-9-11-13-14-15-16-17-18-19-20-22-23-25-27-31(37)33(39)30(29-36)35-34(40)32(38)28-26-24-21-12-10-8-6-4-2/h20,22,30-33,36-39H,3-19,21,23-29H2,1-2H3,(H,35,40)/b22-20+. The van der Waals surface area contributed by atoms with Gasteiger partial charge in [-0.05, 0) is 38.5 Å². The van der Waals surface area contributed by atoms with Crippen molar-refractivity contribution in [3.8, 4) is 0 Å². The summed E-state index contributed by atoms with van der Waals surface area (Å²) in [5, 5.41) is 43.1. The van der Waals surface area contributed by atoms with E-state index < -0.39 is 36.9 Å². The molecule has 4 atom stereocenters. The molecule has 0 aliphatic rings. The van der Waals surface area contributed by atoms with E-state index in [-0.39, 0.29) is 0 Å². The molecule has 0 aromatic heterocycles. The molecule has 4 unspecified atom stereocenters. The zero-order valence-electron chi connectivity index (χ0n) is 26.3. The van der Waals surface area contributed by atoms with E-state index in [4.69, 9.17) is 0 Å². The normalized spacial score (nSPS) is 14.8. The average molecular weight is 570 g/mol. The summed E-state index contributed by atoms with van der Waals surface area (Å²) in [5.74, 6) is -0.599. The van der Waals surface area contributed by atoms with Gasteiger partial charge in [-0.1, -0.05) is 142 Å². The zero-order valence-corrected chi connectivity index (χ0v) is 26.3. The van der Waals surface area contributed by atoms with Crippen molar-refractivity contribution >= 4 is 5.91 Å². The Morgan fingerprint density at radius 1 is 0.600 bits per heavy atom. The molecular formula is C34H67NO5. The lowest BCUT2D eigenvalue weighted by Gasteiger charge is -2.27. The predicted molar refractivity (Wildman–Crippen MR) is 168 cm³/mol. The van der Waals surface area contributed by atoms with Crippen LogP contribution in [0.25, 0.3) is 0 Å². The number of amides is 1. The number of aliphatic hydroxyl groups is 4. The van der Waals surface area contributed by atoms with Gasteiger partial charge >= 0.3 is 0 Å². The first-order valence-corrected chi connectivity index (χ1v) is 17.1. The second-order valence-corrected chi connectivity index (χ2v) is 11.9. The van der Waals surface area contributed by atoms with Crippen LogP contribution in [0.4, 0.5) is 0 Å². The van der Waals surface area contributed by atoms with Gasteiger partial charge in [-0.3, -0.25) is 4.79 Å². The summed E-state index contributed by atoms with van der Waals surface area (Å²) in [6, 6.07) is -0.993. The molecule has 0 saturated carbocycles. The minimum atomic E-state index is -1.27. The molecule has 6 nitrogen and oxygen atoms in total. The van der Waals surface area contributed by atoms with Crippen molar-refractivity contribution in [1.29, 1.82) is 0 Å². The highest BCUT2D eigenvalue weighted by Crippen LogP contribution is 2.14. The molecule has 0 bridgehead atoms. The first kappa shape index (κ1) is 39.0. The number of unbranched alkanes of at least 4 members (excludes halogenated alkanes) is 19. The molecule has 1 amide bonds. The van der Waals surface area contributed by atoms with Crippen LogP contribution in [0, 0.1) is 0 Å². The van der Waals surface area contributed by atoms with Crippen LogP contribution in [-0.4, -0.2) is 57.3 Å². The molecule has 0 radical (unpaired) electrons. The van der Waals surface area contributed by atoms with Crippen molar-refractivity contribution < 1.29 is 25.2 Å². The second kappa shape index (κ2) is 29.5. The van der Waals surface area contributed by atoms with E-state index in [1.54, 1.807) is 0 Å². The number of aliphatic hydroxyl groups excluding tert-OH is 4. The van der Waals surface area contributed by atoms with Crippen LogP contribution in [0.2, 0.25) is 0 Å². The summed E-state index contributed by atoms with van der Waals surface area (Å²) >= 11 is 0. The van der Waals surface area contributed by atoms with Crippen LogP contribution in [-0.2, 0) is 4.79 Å². The van der Waals surface area contributed by atoms with Gasteiger partial charge in [-0.15, -0.1) is 0 Å². The number of nitrogens with one attached hydrogen (secondary N) is 1. The van der Waals surface area contributed by atoms with Gasteiger partial charge in [0.2, 0.25) is 5.91 Å². The number of rotatable bonds is 30. The van der Waals surface area contributed by atoms with Crippen LogP contribution < -0.4 is 5.32 Å². The van der Waals surface area contributed by atoms with Crippen LogP contribution in [0.3, 0.4) is 0 Å². The molecule has 6 heteroatoms. The minimum Gasteiger partial charge on any atom is -0.394 e. The fourth-order valence-electron chi connectivity index (χ4n) is 5.17. The maximum Gasteiger partial charge on any atom is 0.249 e. The molecule has 0 spiro atoms. The Morgan fingerprint density at radius 2 is 1.02 bits per heavy atom. The molecule has 0 rings (SSSR count). The number of hydrogen-bond acceptors (Lipinski definition) is 5. The molecule has 40 heavy (non-hydrogen) atoms. The lowest BCUT2D eigenvalue weighted by molar-refractivity contribution is -0.132. The molecular weight excluding hydrogens is 502 g/mol. The molecule has 0 saturated heterocycles. The van der Waals surface area contributed by atoms with Crippen molar-refractivity contribution in [2.45, 2.75) is 192 Å². The maximum atomic E-state index is 12.3. The molecule has 0 fully saturated rings. The van der Waals surface area contributed by atoms with Crippen LogP contribution >= 0.6 is 0 Å². The van der Waals surface area contributed by atoms with Crippen LogP contribution in [0.1, 0.15) is 168 Å². The third-order valence-corrected chi connectivity index (χ3v) is 7.98. The Hall–Kier alpha value is -0.950. The smallest absolute Gasteiger partial charge is 0.249 e. The highest BCUT2D eigenvalue weighted by atomic mass is 16.3. The Balaban J connectivity index is 3.87. The highest BCUT2D eigenvalue weighted by molar-refractivity contribution is 5.80. The number of carbonyl (C=O) groups is 1. The van der Waals surface area contributed by atoms with Gasteiger partial charge in [0, 0.05) is 0 Å². The van der Waals surface area contributed by atoms with E-state index in [1.807, 2.05) is 0 Å². The van der Waals surface area contributed by atoms with Crippen molar-refractivity contribution in [3.63, 3.8) is 0 Å². The van der Waals surface area contributed by atoms with Crippen molar-refractivity contribution in [2.24, 2.45) is 0 Å². The van der Waals surface area contributed by atoms with E-state index in [9.17, 15) is 25.2 Å².